The van der Waals surface area contributed by atoms with E-state index in [4.69, 9.17) is 28.9 Å². The molecule has 4 N–H and O–H groups in total. The van der Waals surface area contributed by atoms with Crippen LogP contribution in [0.15, 0.2) is 47.5 Å². The number of rotatable bonds is 7. The van der Waals surface area contributed by atoms with Crippen LogP contribution < -0.4 is 16.4 Å². The maximum absolute atomic E-state index is 11.9. The molecule has 0 heterocycles. The predicted octanol–water partition coefficient (Wildman–Crippen LogP) is 2.42. The van der Waals surface area contributed by atoms with Gasteiger partial charge in [-0.05, 0) is 35.4 Å². The molecule has 29 heavy (non-hydrogen) atoms. The Morgan fingerprint density at radius 1 is 1.03 bits per heavy atom. The highest BCUT2D eigenvalue weighted by molar-refractivity contribution is 6.42. The molecule has 154 valence electrons. The number of aliphatic imine (C=N–C) groups is 1. The highest BCUT2D eigenvalue weighted by Crippen LogP contribution is 2.23. The first-order chi connectivity index (χ1) is 13.8. The minimum absolute atomic E-state index is 0.191. The standard InChI is InChI=1S/C20H23Cl2N5O2/c1-24-20(27(2)12-14-5-8-16(21)17(22)9-14)26-10-13-3-6-15(7-4-13)19(29)25-11-18(23)28/h3-9H,10-12H2,1-2H3,(H2,23,28)(H,24,26)(H,25,29). The maximum Gasteiger partial charge on any atom is 0.251 e. The highest BCUT2D eigenvalue weighted by atomic mass is 35.5. The van der Waals surface area contributed by atoms with Crippen molar-refractivity contribution in [2.24, 2.45) is 10.7 Å². The zero-order valence-electron chi connectivity index (χ0n) is 16.2. The highest BCUT2D eigenvalue weighted by Gasteiger charge is 2.09. The van der Waals surface area contributed by atoms with Crippen LogP contribution in [0.25, 0.3) is 0 Å². The van der Waals surface area contributed by atoms with Crippen molar-refractivity contribution >= 4 is 41.0 Å². The molecule has 0 saturated heterocycles. The van der Waals surface area contributed by atoms with Crippen molar-refractivity contribution in [3.63, 3.8) is 0 Å². The van der Waals surface area contributed by atoms with Gasteiger partial charge in [0.1, 0.15) is 0 Å². The zero-order valence-corrected chi connectivity index (χ0v) is 17.7. The lowest BCUT2D eigenvalue weighted by Gasteiger charge is -2.22. The molecule has 0 fully saturated rings. The van der Waals surface area contributed by atoms with Crippen molar-refractivity contribution in [3.8, 4) is 0 Å². The van der Waals surface area contributed by atoms with Gasteiger partial charge in [-0.2, -0.15) is 0 Å². The van der Waals surface area contributed by atoms with Crippen molar-refractivity contribution in [2.45, 2.75) is 13.1 Å². The third kappa shape index (κ3) is 6.96. The van der Waals surface area contributed by atoms with Crippen LogP contribution in [0.4, 0.5) is 0 Å². The fourth-order valence-electron chi connectivity index (χ4n) is 2.60. The van der Waals surface area contributed by atoms with Crippen LogP contribution in [0.2, 0.25) is 10.0 Å². The number of benzene rings is 2. The number of primary amides is 1. The van der Waals surface area contributed by atoms with Gasteiger partial charge < -0.3 is 21.3 Å². The van der Waals surface area contributed by atoms with Crippen LogP contribution in [0.1, 0.15) is 21.5 Å². The first-order valence-corrected chi connectivity index (χ1v) is 9.57. The lowest BCUT2D eigenvalue weighted by molar-refractivity contribution is -0.117. The SMILES string of the molecule is CN=C(NCc1ccc(C(=O)NCC(N)=O)cc1)N(C)Cc1ccc(Cl)c(Cl)c1. The third-order valence-electron chi connectivity index (χ3n) is 4.07. The van der Waals surface area contributed by atoms with Gasteiger partial charge in [-0.25, -0.2) is 0 Å². The molecule has 0 aliphatic heterocycles. The van der Waals surface area contributed by atoms with Crippen LogP contribution in [0.3, 0.4) is 0 Å². The molecule has 0 spiro atoms. The number of hydrogen-bond donors (Lipinski definition) is 3. The third-order valence-corrected chi connectivity index (χ3v) is 4.81. The minimum Gasteiger partial charge on any atom is -0.368 e. The van der Waals surface area contributed by atoms with E-state index in [0.717, 1.165) is 11.1 Å². The molecule has 0 aromatic heterocycles. The summed E-state index contributed by atoms with van der Waals surface area (Å²) in [7, 11) is 3.63. The van der Waals surface area contributed by atoms with Gasteiger partial charge >= 0.3 is 0 Å². The Morgan fingerprint density at radius 2 is 1.69 bits per heavy atom. The molecule has 0 aliphatic rings. The van der Waals surface area contributed by atoms with E-state index in [-0.39, 0.29) is 12.5 Å². The topological polar surface area (TPSA) is 99.8 Å². The molecule has 9 heteroatoms. The molecule has 0 aliphatic carbocycles. The minimum atomic E-state index is -0.587. The Balaban J connectivity index is 1.91. The summed E-state index contributed by atoms with van der Waals surface area (Å²) in [5.74, 6) is -0.227. The normalized spacial score (nSPS) is 11.1. The number of nitrogens with two attached hydrogens (primary N) is 1. The lowest BCUT2D eigenvalue weighted by Crippen LogP contribution is -2.38. The summed E-state index contributed by atoms with van der Waals surface area (Å²) in [6, 6.07) is 12.6. The van der Waals surface area contributed by atoms with Crippen molar-refractivity contribution in [1.82, 2.24) is 15.5 Å². The molecule has 0 radical (unpaired) electrons. The summed E-state index contributed by atoms with van der Waals surface area (Å²) in [5.41, 5.74) is 7.46. The van der Waals surface area contributed by atoms with Crippen LogP contribution >= 0.6 is 23.2 Å². The fraction of sp³-hybridized carbons (Fsp3) is 0.250. The second kappa shape index (κ2) is 10.7. The van der Waals surface area contributed by atoms with Crippen LogP contribution in [0, 0.1) is 0 Å². The van der Waals surface area contributed by atoms with E-state index >= 15 is 0 Å². The molecule has 2 aromatic carbocycles. The Kier molecular flexibility index (Phi) is 8.30. The summed E-state index contributed by atoms with van der Waals surface area (Å²) >= 11 is 12.0. The first-order valence-electron chi connectivity index (χ1n) is 8.81. The average Bonchev–Trinajstić information content (AvgIpc) is 2.70. The molecule has 0 atom stereocenters. The summed E-state index contributed by atoms with van der Waals surface area (Å²) in [6.07, 6.45) is 0. The number of amides is 2. The van der Waals surface area contributed by atoms with E-state index in [2.05, 4.69) is 15.6 Å². The van der Waals surface area contributed by atoms with Gasteiger partial charge in [-0.3, -0.25) is 14.6 Å². The van der Waals surface area contributed by atoms with Crippen molar-refractivity contribution in [3.05, 3.63) is 69.2 Å². The quantitative estimate of drug-likeness (QED) is 0.459. The second-order valence-electron chi connectivity index (χ2n) is 6.35. The molecule has 2 aromatic rings. The molecule has 0 unspecified atom stereocenters. The van der Waals surface area contributed by atoms with Gasteiger partial charge in [0.05, 0.1) is 16.6 Å². The molecule has 2 rings (SSSR count). The number of guanidine groups is 1. The lowest BCUT2D eigenvalue weighted by atomic mass is 10.1. The van der Waals surface area contributed by atoms with Gasteiger partial charge in [0, 0.05) is 32.7 Å². The van der Waals surface area contributed by atoms with Gasteiger partial charge in [-0.1, -0.05) is 41.4 Å². The monoisotopic (exact) mass is 435 g/mol. The molecular weight excluding hydrogens is 413 g/mol. The van der Waals surface area contributed by atoms with Crippen LogP contribution in [-0.2, 0) is 17.9 Å². The number of hydrogen-bond acceptors (Lipinski definition) is 3. The van der Waals surface area contributed by atoms with E-state index in [1.54, 1.807) is 25.2 Å². The summed E-state index contributed by atoms with van der Waals surface area (Å²) in [4.78, 5) is 28.9. The number of halogens is 2. The largest absolute Gasteiger partial charge is 0.368 e. The molecule has 2 amide bonds. The Labute approximate surface area is 179 Å². The van der Waals surface area contributed by atoms with Gasteiger partial charge in [-0.15, -0.1) is 0 Å². The number of nitrogens with one attached hydrogen (secondary N) is 2. The van der Waals surface area contributed by atoms with E-state index in [9.17, 15) is 9.59 Å². The van der Waals surface area contributed by atoms with E-state index in [0.29, 0.717) is 34.7 Å². The number of carbonyl (C=O) groups excluding carboxylic acids is 2. The number of nitrogens with zero attached hydrogens (tertiary/aromatic N) is 2. The average molecular weight is 436 g/mol. The van der Waals surface area contributed by atoms with Gasteiger partial charge in [0.15, 0.2) is 5.96 Å². The predicted molar refractivity (Wildman–Crippen MR) is 116 cm³/mol. The van der Waals surface area contributed by atoms with Crippen molar-refractivity contribution in [2.75, 3.05) is 20.6 Å². The van der Waals surface area contributed by atoms with Gasteiger partial charge in [0.2, 0.25) is 5.91 Å². The number of carbonyl (C=O) groups is 2. The van der Waals surface area contributed by atoms with E-state index < -0.39 is 5.91 Å². The Morgan fingerprint density at radius 3 is 2.28 bits per heavy atom. The fourth-order valence-corrected chi connectivity index (χ4v) is 2.92. The van der Waals surface area contributed by atoms with Crippen LogP contribution in [-0.4, -0.2) is 43.3 Å². The summed E-state index contributed by atoms with van der Waals surface area (Å²) in [6.45, 7) is 0.945. The zero-order chi connectivity index (χ0) is 21.4. The Hall–Kier alpha value is -2.77. The molecule has 7 nitrogen and oxygen atoms in total. The molecule has 0 bridgehead atoms. The van der Waals surface area contributed by atoms with E-state index in [1.165, 1.54) is 0 Å². The second-order valence-corrected chi connectivity index (χ2v) is 7.17. The smallest absolute Gasteiger partial charge is 0.251 e. The first kappa shape index (κ1) is 22.5. The maximum atomic E-state index is 11.9. The van der Waals surface area contributed by atoms with E-state index in [1.807, 2.05) is 36.2 Å². The summed E-state index contributed by atoms with van der Waals surface area (Å²) in [5, 5.41) is 6.76. The van der Waals surface area contributed by atoms with Crippen molar-refractivity contribution in [1.29, 1.82) is 0 Å². The van der Waals surface area contributed by atoms with Crippen LogP contribution in [0.5, 0.6) is 0 Å². The Bertz CT molecular complexity index is 900. The van der Waals surface area contributed by atoms with Crippen molar-refractivity contribution < 1.29 is 9.59 Å². The van der Waals surface area contributed by atoms with Gasteiger partial charge in [0.25, 0.3) is 5.91 Å². The molecular formula is C20H23Cl2N5O2. The molecule has 0 saturated carbocycles. The summed E-state index contributed by atoms with van der Waals surface area (Å²) < 4.78 is 0.